The molecular weight excluding hydrogens is 482 g/mol. The Kier molecular flexibility index (Phi) is 6.89. The Bertz CT molecular complexity index is 1560. The fraction of sp³-hybridized carbons (Fsp3) is 0.269. The number of esters is 1. The van der Waals surface area contributed by atoms with Crippen LogP contribution in [0.1, 0.15) is 56.3 Å². The number of thiazole rings is 1. The van der Waals surface area contributed by atoms with Gasteiger partial charge in [0.1, 0.15) is 0 Å². The number of hydrogen-bond donors (Lipinski definition) is 1. The van der Waals surface area contributed by atoms with Crippen LogP contribution in [0.2, 0.25) is 0 Å². The van der Waals surface area contributed by atoms with Crippen LogP contribution in [0, 0.1) is 10.1 Å². The first kappa shape index (κ1) is 25.1. The Hall–Kier alpha value is -4.05. The highest BCUT2D eigenvalue weighted by Gasteiger charge is 2.33. The molecule has 0 radical (unpaired) electrons. The predicted octanol–water partition coefficient (Wildman–Crippen LogP) is 3.54. The average molecular weight is 508 g/mol. The van der Waals surface area contributed by atoms with Gasteiger partial charge in [0.05, 0.1) is 33.4 Å². The van der Waals surface area contributed by atoms with E-state index in [4.69, 9.17) is 4.74 Å². The summed E-state index contributed by atoms with van der Waals surface area (Å²) in [6.45, 7) is 7.77. The molecule has 1 atom stereocenters. The summed E-state index contributed by atoms with van der Waals surface area (Å²) in [5, 5.41) is 21.0. The molecule has 0 saturated carbocycles. The lowest BCUT2D eigenvalue weighted by Gasteiger charge is -2.25. The number of phenols is 1. The fourth-order valence-electron chi connectivity index (χ4n) is 4.10. The van der Waals surface area contributed by atoms with E-state index in [9.17, 15) is 24.8 Å². The molecule has 1 aliphatic rings. The van der Waals surface area contributed by atoms with Crippen molar-refractivity contribution in [3.63, 3.8) is 0 Å². The van der Waals surface area contributed by atoms with Gasteiger partial charge in [0.2, 0.25) is 0 Å². The Labute approximate surface area is 210 Å². The predicted molar refractivity (Wildman–Crippen MR) is 136 cm³/mol. The minimum Gasteiger partial charge on any atom is -0.502 e. The molecule has 36 heavy (non-hydrogen) atoms. The number of hydrogen-bond acceptors (Lipinski definition) is 8. The number of carbonyl (C=O) groups excluding carboxylic acids is 1. The molecule has 2 heterocycles. The number of fused-ring (bicyclic) bond motifs is 1. The van der Waals surface area contributed by atoms with Crippen LogP contribution in [-0.2, 0) is 9.53 Å². The van der Waals surface area contributed by atoms with Crippen molar-refractivity contribution in [2.45, 2.75) is 39.7 Å². The van der Waals surface area contributed by atoms with Gasteiger partial charge in [0.25, 0.3) is 5.56 Å². The number of carbonyl (C=O) groups is 1. The minimum atomic E-state index is -0.738. The zero-order valence-corrected chi connectivity index (χ0v) is 21.0. The van der Waals surface area contributed by atoms with E-state index in [0.717, 1.165) is 22.5 Å². The van der Waals surface area contributed by atoms with Crippen molar-refractivity contribution in [2.24, 2.45) is 4.99 Å². The Morgan fingerprint density at radius 2 is 1.97 bits per heavy atom. The van der Waals surface area contributed by atoms with Gasteiger partial charge in [0.15, 0.2) is 10.6 Å². The maximum absolute atomic E-state index is 13.6. The molecular formula is C26H25N3O6S. The van der Waals surface area contributed by atoms with Crippen LogP contribution in [0.3, 0.4) is 0 Å². The van der Waals surface area contributed by atoms with Crippen LogP contribution in [0.25, 0.3) is 6.08 Å². The first-order chi connectivity index (χ1) is 17.1. The molecule has 0 saturated heterocycles. The second-order valence-corrected chi connectivity index (χ2v) is 9.64. The van der Waals surface area contributed by atoms with Crippen molar-refractivity contribution in [3.05, 3.63) is 100 Å². The van der Waals surface area contributed by atoms with Crippen molar-refractivity contribution in [3.8, 4) is 5.75 Å². The van der Waals surface area contributed by atoms with Gasteiger partial charge < -0.3 is 9.84 Å². The number of aromatic hydroxyl groups is 1. The lowest BCUT2D eigenvalue weighted by atomic mass is 9.93. The van der Waals surface area contributed by atoms with Gasteiger partial charge in [-0.15, -0.1) is 0 Å². The molecule has 3 aromatic rings. The third-order valence-electron chi connectivity index (χ3n) is 5.93. The topological polar surface area (TPSA) is 124 Å². The number of benzene rings is 2. The molecule has 1 aromatic heterocycles. The molecule has 1 aliphatic heterocycles. The van der Waals surface area contributed by atoms with Gasteiger partial charge in [-0.3, -0.25) is 19.5 Å². The summed E-state index contributed by atoms with van der Waals surface area (Å²) < 4.78 is 7.06. The molecule has 4 rings (SSSR count). The number of aromatic nitrogens is 1. The van der Waals surface area contributed by atoms with Gasteiger partial charge in [-0.05, 0) is 48.6 Å². The van der Waals surface area contributed by atoms with Crippen LogP contribution in [0.15, 0.2) is 63.5 Å². The van der Waals surface area contributed by atoms with Crippen molar-refractivity contribution in [1.82, 2.24) is 4.57 Å². The molecule has 9 nitrogen and oxygen atoms in total. The maximum atomic E-state index is 13.6. The standard InChI is InChI=1S/C26H25N3O6S/c1-5-35-25(32)22-15(4)27-26-28(23(22)18-9-7-17(8-10-18)14(2)3)24(31)21(36-26)13-16-6-11-20(30)19(12-16)29(33)34/h6-14,23,30H,5H2,1-4H3/b21-13-/t23-/m1/s1. The van der Waals surface area contributed by atoms with Gasteiger partial charge in [-0.25, -0.2) is 9.79 Å². The molecule has 0 unspecified atom stereocenters. The first-order valence-electron chi connectivity index (χ1n) is 11.4. The van der Waals surface area contributed by atoms with Crippen LogP contribution in [-0.4, -0.2) is 27.2 Å². The van der Waals surface area contributed by atoms with Crippen LogP contribution in [0.4, 0.5) is 5.69 Å². The summed E-state index contributed by atoms with van der Waals surface area (Å²) in [5.74, 6) is -0.685. The molecule has 0 aliphatic carbocycles. The van der Waals surface area contributed by atoms with Crippen LogP contribution in [0.5, 0.6) is 5.75 Å². The monoisotopic (exact) mass is 507 g/mol. The van der Waals surface area contributed by atoms with E-state index in [1.807, 2.05) is 24.3 Å². The van der Waals surface area contributed by atoms with E-state index in [1.54, 1.807) is 13.8 Å². The van der Waals surface area contributed by atoms with Crippen LogP contribution >= 0.6 is 11.3 Å². The number of rotatable bonds is 6. The zero-order chi connectivity index (χ0) is 26.1. The summed E-state index contributed by atoms with van der Waals surface area (Å²) in [4.78, 5) is 42.0. The summed E-state index contributed by atoms with van der Waals surface area (Å²) in [6.07, 6.45) is 1.51. The highest BCUT2D eigenvalue weighted by molar-refractivity contribution is 7.07. The zero-order valence-electron chi connectivity index (χ0n) is 20.2. The normalized spacial score (nSPS) is 15.6. The molecule has 186 valence electrons. The summed E-state index contributed by atoms with van der Waals surface area (Å²) >= 11 is 1.12. The smallest absolute Gasteiger partial charge is 0.338 e. The average Bonchev–Trinajstić information content (AvgIpc) is 3.13. The van der Waals surface area contributed by atoms with Crippen molar-refractivity contribution < 1.29 is 19.6 Å². The fourth-order valence-corrected chi connectivity index (χ4v) is 5.14. The van der Waals surface area contributed by atoms with Crippen molar-refractivity contribution in [1.29, 1.82) is 0 Å². The first-order valence-corrected chi connectivity index (χ1v) is 12.2. The highest BCUT2D eigenvalue weighted by Crippen LogP contribution is 2.32. The van der Waals surface area contributed by atoms with E-state index >= 15 is 0 Å². The Morgan fingerprint density at radius 3 is 2.58 bits per heavy atom. The number of allylic oxidation sites excluding steroid dienone is 1. The molecule has 0 bridgehead atoms. The third-order valence-corrected chi connectivity index (χ3v) is 6.91. The quantitative estimate of drug-likeness (QED) is 0.309. The highest BCUT2D eigenvalue weighted by atomic mass is 32.1. The summed E-state index contributed by atoms with van der Waals surface area (Å²) in [7, 11) is 0. The minimum absolute atomic E-state index is 0.179. The van der Waals surface area contributed by atoms with Crippen molar-refractivity contribution >= 4 is 29.1 Å². The molecule has 10 heteroatoms. The third kappa shape index (κ3) is 4.59. The maximum Gasteiger partial charge on any atom is 0.338 e. The van der Waals surface area contributed by atoms with Gasteiger partial charge in [0, 0.05) is 6.07 Å². The SMILES string of the molecule is CCOC(=O)C1=C(C)N=c2s/c(=C\c3ccc(O)c([N+](=O)[O-])c3)c(=O)n2[C@@H]1c1ccc(C(C)C)cc1. The largest absolute Gasteiger partial charge is 0.502 e. The van der Waals surface area contributed by atoms with E-state index in [-0.39, 0.29) is 22.3 Å². The molecule has 0 amide bonds. The number of nitro benzene ring substituents is 1. The number of ether oxygens (including phenoxy) is 1. The second-order valence-electron chi connectivity index (χ2n) is 8.63. The number of nitro groups is 1. The van der Waals surface area contributed by atoms with E-state index < -0.39 is 28.4 Å². The Morgan fingerprint density at radius 1 is 1.28 bits per heavy atom. The molecule has 1 N–H and O–H groups in total. The Balaban J connectivity index is 1.93. The summed E-state index contributed by atoms with van der Waals surface area (Å²) in [6, 6.07) is 10.9. The van der Waals surface area contributed by atoms with Crippen molar-refractivity contribution in [2.75, 3.05) is 6.61 Å². The lowest BCUT2D eigenvalue weighted by Crippen LogP contribution is -2.39. The van der Waals surface area contributed by atoms with Crippen LogP contribution < -0.4 is 14.9 Å². The van der Waals surface area contributed by atoms with E-state index in [1.165, 1.54) is 28.8 Å². The van der Waals surface area contributed by atoms with Gasteiger partial charge in [-0.2, -0.15) is 0 Å². The number of phenolic OH excluding ortho intramolecular Hbond substituents is 1. The van der Waals surface area contributed by atoms with E-state index in [2.05, 4.69) is 18.8 Å². The number of nitrogens with zero attached hydrogens (tertiary/aromatic N) is 3. The van der Waals surface area contributed by atoms with E-state index in [0.29, 0.717) is 22.0 Å². The molecule has 0 fully saturated rings. The van der Waals surface area contributed by atoms with Gasteiger partial charge in [-0.1, -0.05) is 55.5 Å². The lowest BCUT2D eigenvalue weighted by molar-refractivity contribution is -0.385. The molecule has 0 spiro atoms. The second kappa shape index (κ2) is 9.90. The van der Waals surface area contributed by atoms with Gasteiger partial charge >= 0.3 is 11.7 Å². The summed E-state index contributed by atoms with van der Waals surface area (Å²) in [5.41, 5.74) is 2.14. The molecule has 2 aromatic carbocycles.